The minimum atomic E-state index is -0.648. The van der Waals surface area contributed by atoms with Gasteiger partial charge in [0.1, 0.15) is 34.2 Å². The van der Waals surface area contributed by atoms with Gasteiger partial charge in [-0.25, -0.2) is 19.6 Å². The Kier molecular flexibility index (Phi) is 9.26. The lowest BCUT2D eigenvalue weighted by Gasteiger charge is -2.30. The van der Waals surface area contributed by atoms with Crippen LogP contribution in [0.4, 0.5) is 18.4 Å². The van der Waals surface area contributed by atoms with Crippen molar-refractivity contribution >= 4 is 12.2 Å². The third-order valence-electron chi connectivity index (χ3n) is 9.18. The monoisotopic (exact) mass is 688 g/mol. The number of H-pyrrole nitrogens is 2. The van der Waals surface area contributed by atoms with Crippen LogP contribution in [0.2, 0.25) is 0 Å². The van der Waals surface area contributed by atoms with E-state index < -0.39 is 47.4 Å². The molecule has 266 valence electrons. The highest BCUT2D eigenvalue weighted by Crippen LogP contribution is 2.39. The number of nitrogens with one attached hydrogen (secondary N) is 2. The quantitative estimate of drug-likeness (QED) is 0.216. The molecule has 2 aromatic heterocycles. The van der Waals surface area contributed by atoms with Gasteiger partial charge in [0.15, 0.2) is 0 Å². The number of rotatable bonds is 5. The van der Waals surface area contributed by atoms with Gasteiger partial charge in [-0.3, -0.25) is 9.80 Å². The fraction of sp³-hybridized carbons (Fsp3) is 0.474. The van der Waals surface area contributed by atoms with Crippen LogP contribution in [0.1, 0.15) is 105 Å². The zero-order chi connectivity index (χ0) is 36.1. The molecule has 0 bridgehead atoms. The van der Waals surface area contributed by atoms with E-state index in [1.54, 1.807) is 34.1 Å². The van der Waals surface area contributed by atoms with Crippen molar-refractivity contribution in [2.45, 2.75) is 116 Å². The Bertz CT molecular complexity index is 1720. The zero-order valence-electron chi connectivity index (χ0n) is 29.9. The summed E-state index contributed by atoms with van der Waals surface area (Å²) in [5.74, 6) is -0.354. The van der Waals surface area contributed by atoms with E-state index >= 15 is 8.78 Å². The average molecular weight is 689 g/mol. The van der Waals surface area contributed by atoms with Crippen LogP contribution in [0.25, 0.3) is 33.6 Å². The summed E-state index contributed by atoms with van der Waals surface area (Å²) in [5, 5.41) is 0. The SMILES string of the molecule is C[C@H]1CC[C@@H](c2nc(-c3ccc(-c4ccc(-c5nc([C@@H]6CC[C@H](C)N6C(=O)OC(C)(C)C)[nH]c5F)cc4)cc3)c(F)[nH]2)N1C(=O)OC(C)(C)C. The Balaban J connectivity index is 1.17. The van der Waals surface area contributed by atoms with Crippen LogP contribution in [0.5, 0.6) is 0 Å². The second-order valence-corrected chi connectivity index (χ2v) is 15.4. The number of imidazole rings is 2. The van der Waals surface area contributed by atoms with Gasteiger partial charge in [-0.05, 0) is 92.2 Å². The maximum Gasteiger partial charge on any atom is 0.411 e. The van der Waals surface area contributed by atoms with Gasteiger partial charge in [0.25, 0.3) is 0 Å². The predicted molar refractivity (Wildman–Crippen MR) is 186 cm³/mol. The van der Waals surface area contributed by atoms with Gasteiger partial charge in [-0.1, -0.05) is 48.5 Å². The number of carbonyl (C=O) groups excluding carboxylic acids is 2. The minimum Gasteiger partial charge on any atom is -0.444 e. The molecule has 12 heteroatoms. The summed E-state index contributed by atoms with van der Waals surface area (Å²) in [6.07, 6.45) is 1.94. The van der Waals surface area contributed by atoms with Crippen LogP contribution in [0.15, 0.2) is 48.5 Å². The maximum absolute atomic E-state index is 15.2. The summed E-state index contributed by atoms with van der Waals surface area (Å²) in [6.45, 7) is 14.8. The van der Waals surface area contributed by atoms with Gasteiger partial charge >= 0.3 is 12.2 Å². The summed E-state index contributed by atoms with van der Waals surface area (Å²) >= 11 is 0. The average Bonchev–Trinajstić information content (AvgIpc) is 3.80. The number of likely N-dealkylation sites (tertiary alicyclic amines) is 2. The van der Waals surface area contributed by atoms with Gasteiger partial charge in [-0.15, -0.1) is 0 Å². The van der Waals surface area contributed by atoms with E-state index in [4.69, 9.17) is 9.47 Å². The third kappa shape index (κ3) is 7.25. The largest absolute Gasteiger partial charge is 0.444 e. The van der Waals surface area contributed by atoms with E-state index in [9.17, 15) is 9.59 Å². The van der Waals surface area contributed by atoms with Crippen LogP contribution in [0.3, 0.4) is 0 Å². The number of carbonyl (C=O) groups is 2. The highest BCUT2D eigenvalue weighted by Gasteiger charge is 2.41. The van der Waals surface area contributed by atoms with E-state index in [1.165, 1.54) is 0 Å². The molecule has 0 spiro atoms. The molecule has 2 aliphatic heterocycles. The number of halogens is 2. The van der Waals surface area contributed by atoms with Gasteiger partial charge in [0.05, 0.1) is 12.1 Å². The van der Waals surface area contributed by atoms with Gasteiger partial charge in [0.2, 0.25) is 11.9 Å². The number of hydrogen-bond donors (Lipinski definition) is 2. The summed E-state index contributed by atoms with van der Waals surface area (Å²) in [4.78, 5) is 44.0. The Hall–Kier alpha value is -4.74. The molecule has 2 N–H and O–H groups in total. The van der Waals surface area contributed by atoms with E-state index in [-0.39, 0.29) is 23.5 Å². The number of aromatic amines is 2. The summed E-state index contributed by atoms with van der Waals surface area (Å²) in [7, 11) is 0. The number of ether oxygens (including phenoxy) is 2. The Morgan fingerprint density at radius 2 is 0.940 bits per heavy atom. The standard InChI is InChI=1S/C38H46F2N6O4/c1-21-9-19-27(45(21)35(47)49-37(3,4)5)33-41-29(31(39)43-33)25-15-11-23(12-16-25)24-13-17-26(18-14-24)30-32(40)44-34(42-30)28-20-10-22(2)46(28)36(48)50-38(6,7)8/h11-18,21-22,27-28H,9-10,19-20H2,1-8H3,(H,41,43)(H,42,44)/t21-,22-,27-,28-/m0/s1. The molecule has 2 saturated heterocycles. The highest BCUT2D eigenvalue weighted by atomic mass is 19.1. The molecule has 6 rings (SSSR count). The van der Waals surface area contributed by atoms with E-state index in [0.717, 1.165) is 24.0 Å². The maximum atomic E-state index is 15.2. The number of amides is 2. The first kappa shape index (κ1) is 35.1. The molecular weight excluding hydrogens is 642 g/mol. The van der Waals surface area contributed by atoms with Crippen LogP contribution in [-0.4, -0.2) is 65.2 Å². The molecule has 0 saturated carbocycles. The van der Waals surface area contributed by atoms with Gasteiger partial charge in [0, 0.05) is 23.2 Å². The Morgan fingerprint density at radius 3 is 1.26 bits per heavy atom. The van der Waals surface area contributed by atoms with E-state index in [2.05, 4.69) is 19.9 Å². The molecule has 4 atom stereocenters. The van der Waals surface area contributed by atoms with Gasteiger partial charge in [-0.2, -0.15) is 8.78 Å². The zero-order valence-corrected chi connectivity index (χ0v) is 29.9. The molecule has 50 heavy (non-hydrogen) atoms. The Morgan fingerprint density at radius 1 is 0.620 bits per heavy atom. The molecule has 2 aliphatic rings. The molecule has 0 unspecified atom stereocenters. The van der Waals surface area contributed by atoms with E-state index in [1.807, 2.05) is 79.7 Å². The van der Waals surface area contributed by atoms with Crippen molar-refractivity contribution in [3.05, 3.63) is 72.1 Å². The second kappa shape index (κ2) is 13.2. The van der Waals surface area contributed by atoms with Crippen LogP contribution < -0.4 is 0 Å². The molecule has 0 aliphatic carbocycles. The van der Waals surface area contributed by atoms with Crippen molar-refractivity contribution in [1.82, 2.24) is 29.7 Å². The fourth-order valence-electron chi connectivity index (χ4n) is 6.83. The number of benzene rings is 2. The summed E-state index contributed by atoms with van der Waals surface area (Å²) in [5.41, 5.74) is 2.01. The predicted octanol–water partition coefficient (Wildman–Crippen LogP) is 9.33. The smallest absolute Gasteiger partial charge is 0.411 e. The van der Waals surface area contributed by atoms with Crippen molar-refractivity contribution in [2.24, 2.45) is 0 Å². The molecule has 4 heterocycles. The first-order chi connectivity index (χ1) is 23.5. The topological polar surface area (TPSA) is 116 Å². The van der Waals surface area contributed by atoms with Crippen LogP contribution >= 0.6 is 0 Å². The van der Waals surface area contributed by atoms with Crippen molar-refractivity contribution in [3.8, 4) is 33.6 Å². The summed E-state index contributed by atoms with van der Waals surface area (Å²) in [6, 6.07) is 13.8. The van der Waals surface area contributed by atoms with Crippen LogP contribution in [0, 0.1) is 11.9 Å². The fourth-order valence-corrected chi connectivity index (χ4v) is 6.83. The van der Waals surface area contributed by atoms with Crippen molar-refractivity contribution in [1.29, 1.82) is 0 Å². The molecular formula is C38H46F2N6O4. The molecule has 4 aromatic rings. The van der Waals surface area contributed by atoms with E-state index in [0.29, 0.717) is 35.6 Å². The third-order valence-corrected chi connectivity index (χ3v) is 9.18. The molecule has 2 aromatic carbocycles. The molecule has 2 amide bonds. The minimum absolute atomic E-state index is 0.0608. The Labute approximate surface area is 291 Å². The number of aromatic nitrogens is 4. The molecule has 2 fully saturated rings. The normalized spacial score (nSPS) is 21.2. The van der Waals surface area contributed by atoms with Crippen molar-refractivity contribution in [2.75, 3.05) is 0 Å². The van der Waals surface area contributed by atoms with Crippen LogP contribution in [-0.2, 0) is 9.47 Å². The first-order valence-corrected chi connectivity index (χ1v) is 17.2. The summed E-state index contributed by atoms with van der Waals surface area (Å²) < 4.78 is 41.7. The number of nitrogens with zero attached hydrogens (tertiary/aromatic N) is 4. The highest BCUT2D eigenvalue weighted by molar-refractivity contribution is 5.73. The van der Waals surface area contributed by atoms with Crippen molar-refractivity contribution < 1.29 is 27.8 Å². The molecule has 0 radical (unpaired) electrons. The second-order valence-electron chi connectivity index (χ2n) is 15.4. The first-order valence-electron chi connectivity index (χ1n) is 17.2. The lowest BCUT2D eigenvalue weighted by atomic mass is 10.0. The van der Waals surface area contributed by atoms with Crippen molar-refractivity contribution in [3.63, 3.8) is 0 Å². The lowest BCUT2D eigenvalue weighted by molar-refractivity contribution is 0.0140. The number of hydrogen-bond acceptors (Lipinski definition) is 6. The van der Waals surface area contributed by atoms with Gasteiger partial charge < -0.3 is 19.4 Å². The molecule has 10 nitrogen and oxygen atoms in total. The lowest BCUT2D eigenvalue weighted by Crippen LogP contribution is -2.40.